The number of fused-ring (bicyclic) bond motifs is 4. The maximum Gasteiger partial charge on any atom is 0.333 e. The number of rotatable bonds is 4. The van der Waals surface area contributed by atoms with E-state index in [2.05, 4.69) is 6.58 Å². The molecule has 4 aliphatic rings. The molecule has 0 N–H and O–H groups in total. The Hall–Kier alpha value is -3.41. The summed E-state index contributed by atoms with van der Waals surface area (Å²) in [5.41, 5.74) is 4.22. The Morgan fingerprint density at radius 3 is 2.22 bits per heavy atom. The maximum absolute atomic E-state index is 13.5. The van der Waals surface area contributed by atoms with Crippen LogP contribution in [0.15, 0.2) is 60.7 Å². The monoisotopic (exact) mass is 430 g/mol. The lowest BCUT2D eigenvalue weighted by Gasteiger charge is -2.31. The van der Waals surface area contributed by atoms with Crippen LogP contribution in [0.3, 0.4) is 0 Å². The van der Waals surface area contributed by atoms with Gasteiger partial charge in [-0.2, -0.15) is 0 Å². The fourth-order valence-corrected chi connectivity index (χ4v) is 6.12. The van der Waals surface area contributed by atoms with E-state index < -0.39 is 48.1 Å². The SMILES string of the molecule is C=C(C)C(=O)OC1C2CC3C1OC(=O)C3C2C(=O)OC1c2ccccc2-c2ccccc21. The van der Waals surface area contributed by atoms with E-state index in [1.807, 2.05) is 48.5 Å². The minimum absolute atomic E-state index is 0.129. The second kappa shape index (κ2) is 6.79. The first-order chi connectivity index (χ1) is 15.5. The van der Waals surface area contributed by atoms with Crippen LogP contribution in [0.4, 0.5) is 0 Å². The second-order valence-electron chi connectivity index (χ2n) is 9.16. The van der Waals surface area contributed by atoms with E-state index >= 15 is 0 Å². The van der Waals surface area contributed by atoms with E-state index in [0.29, 0.717) is 6.42 Å². The van der Waals surface area contributed by atoms with Gasteiger partial charge in [0.25, 0.3) is 0 Å². The zero-order valence-corrected chi connectivity index (χ0v) is 17.5. The van der Waals surface area contributed by atoms with Crippen LogP contribution in [0.5, 0.6) is 0 Å². The van der Waals surface area contributed by atoms with Crippen molar-refractivity contribution < 1.29 is 28.6 Å². The van der Waals surface area contributed by atoms with Crippen molar-refractivity contribution in [1.29, 1.82) is 0 Å². The largest absolute Gasteiger partial charge is 0.458 e. The average Bonchev–Trinajstić information content (AvgIpc) is 3.48. The number of carbonyl (C=O) groups is 3. The Bertz CT molecular complexity index is 1140. The number of carbonyl (C=O) groups excluding carboxylic acids is 3. The van der Waals surface area contributed by atoms with Crippen molar-refractivity contribution in [1.82, 2.24) is 0 Å². The molecule has 6 heteroatoms. The summed E-state index contributed by atoms with van der Waals surface area (Å²) in [5, 5.41) is 0. The Morgan fingerprint density at radius 2 is 1.59 bits per heavy atom. The molecule has 162 valence electrons. The molecule has 6 atom stereocenters. The van der Waals surface area contributed by atoms with E-state index in [1.54, 1.807) is 6.92 Å². The van der Waals surface area contributed by atoms with Gasteiger partial charge < -0.3 is 14.2 Å². The Balaban J connectivity index is 1.31. The molecule has 2 saturated carbocycles. The van der Waals surface area contributed by atoms with Crippen molar-refractivity contribution in [2.45, 2.75) is 31.7 Å². The van der Waals surface area contributed by atoms with Gasteiger partial charge in [0, 0.05) is 28.5 Å². The first-order valence-corrected chi connectivity index (χ1v) is 10.9. The van der Waals surface area contributed by atoms with Crippen LogP contribution in [0.25, 0.3) is 11.1 Å². The summed E-state index contributed by atoms with van der Waals surface area (Å²) >= 11 is 0. The lowest BCUT2D eigenvalue weighted by atomic mass is 9.78. The molecule has 0 radical (unpaired) electrons. The lowest BCUT2D eigenvalue weighted by Crippen LogP contribution is -2.44. The molecule has 1 heterocycles. The summed E-state index contributed by atoms with van der Waals surface area (Å²) < 4.78 is 17.3. The molecule has 1 aliphatic heterocycles. The molecular formula is C26H22O6. The molecule has 0 amide bonds. The zero-order chi connectivity index (χ0) is 22.1. The third kappa shape index (κ3) is 2.55. The van der Waals surface area contributed by atoms with Gasteiger partial charge in [-0.3, -0.25) is 9.59 Å². The predicted molar refractivity (Wildman–Crippen MR) is 113 cm³/mol. The molecule has 3 aliphatic carbocycles. The third-order valence-electron chi connectivity index (χ3n) is 7.42. The molecule has 0 aromatic heterocycles. The summed E-state index contributed by atoms with van der Waals surface area (Å²) in [6, 6.07) is 15.7. The molecule has 2 aromatic rings. The van der Waals surface area contributed by atoms with E-state index in [0.717, 1.165) is 22.3 Å². The van der Waals surface area contributed by atoms with Gasteiger partial charge in [0.1, 0.15) is 12.2 Å². The van der Waals surface area contributed by atoms with Gasteiger partial charge in [-0.25, -0.2) is 4.79 Å². The summed E-state index contributed by atoms with van der Waals surface area (Å²) in [6.07, 6.45) is -1.06. The molecule has 2 bridgehead atoms. The van der Waals surface area contributed by atoms with Crippen LogP contribution in [0, 0.1) is 23.7 Å². The summed E-state index contributed by atoms with van der Waals surface area (Å²) in [7, 11) is 0. The van der Waals surface area contributed by atoms with Crippen molar-refractivity contribution in [3.05, 3.63) is 71.8 Å². The zero-order valence-electron chi connectivity index (χ0n) is 17.5. The van der Waals surface area contributed by atoms with Gasteiger partial charge in [-0.1, -0.05) is 55.1 Å². The van der Waals surface area contributed by atoms with Crippen LogP contribution in [-0.2, 0) is 28.6 Å². The first kappa shape index (κ1) is 19.3. The minimum atomic E-state index is -0.686. The highest BCUT2D eigenvalue weighted by Gasteiger charge is 2.70. The van der Waals surface area contributed by atoms with Crippen molar-refractivity contribution in [2.75, 3.05) is 0 Å². The van der Waals surface area contributed by atoms with Crippen molar-refractivity contribution in [3.8, 4) is 11.1 Å². The van der Waals surface area contributed by atoms with Crippen molar-refractivity contribution in [3.63, 3.8) is 0 Å². The van der Waals surface area contributed by atoms with E-state index in [9.17, 15) is 14.4 Å². The molecule has 3 fully saturated rings. The Morgan fingerprint density at radius 1 is 0.969 bits per heavy atom. The highest BCUT2D eigenvalue weighted by molar-refractivity contribution is 5.89. The normalized spacial score (nSPS) is 31.1. The molecule has 6 rings (SSSR count). The molecule has 32 heavy (non-hydrogen) atoms. The quantitative estimate of drug-likeness (QED) is 0.419. The molecule has 0 spiro atoms. The number of esters is 3. The Kier molecular flexibility index (Phi) is 4.09. The van der Waals surface area contributed by atoms with Crippen molar-refractivity contribution in [2.24, 2.45) is 23.7 Å². The minimum Gasteiger partial charge on any atom is -0.458 e. The fraction of sp³-hybridized carbons (Fsp3) is 0.346. The lowest BCUT2D eigenvalue weighted by molar-refractivity contribution is -0.164. The van der Waals surface area contributed by atoms with Gasteiger partial charge in [0.2, 0.25) is 0 Å². The van der Waals surface area contributed by atoms with E-state index in [1.165, 1.54) is 0 Å². The van der Waals surface area contributed by atoms with Gasteiger partial charge in [-0.15, -0.1) is 0 Å². The standard InChI is InChI=1S/C26H22O6/c1-12(2)24(27)31-22-17-11-18-20(26(29)32-23(18)22)19(17)25(28)30-21-15-9-5-3-7-13(15)14-8-4-6-10-16(14)21/h3-10,17-23H,1,11H2,2H3. The van der Waals surface area contributed by atoms with Crippen LogP contribution < -0.4 is 0 Å². The molecule has 2 aromatic carbocycles. The first-order valence-electron chi connectivity index (χ1n) is 10.9. The van der Waals surface area contributed by atoms with Crippen LogP contribution >= 0.6 is 0 Å². The number of hydrogen-bond donors (Lipinski definition) is 0. The van der Waals surface area contributed by atoms with Crippen LogP contribution in [0.1, 0.15) is 30.6 Å². The number of benzene rings is 2. The molecular weight excluding hydrogens is 408 g/mol. The van der Waals surface area contributed by atoms with E-state index in [4.69, 9.17) is 14.2 Å². The van der Waals surface area contributed by atoms with Gasteiger partial charge in [-0.05, 0) is 24.5 Å². The van der Waals surface area contributed by atoms with Gasteiger partial charge in [0.15, 0.2) is 6.10 Å². The Labute approximate surface area is 185 Å². The van der Waals surface area contributed by atoms with E-state index in [-0.39, 0.29) is 17.4 Å². The topological polar surface area (TPSA) is 78.9 Å². The number of hydrogen-bond acceptors (Lipinski definition) is 6. The number of ether oxygens (including phenoxy) is 3. The fourth-order valence-electron chi connectivity index (χ4n) is 6.12. The smallest absolute Gasteiger partial charge is 0.333 e. The molecule has 6 unspecified atom stereocenters. The predicted octanol–water partition coefficient (Wildman–Crippen LogP) is 3.60. The van der Waals surface area contributed by atoms with Crippen LogP contribution in [-0.4, -0.2) is 30.1 Å². The summed E-state index contributed by atoms with van der Waals surface area (Å²) in [4.78, 5) is 38.3. The highest BCUT2D eigenvalue weighted by Crippen LogP contribution is 2.59. The van der Waals surface area contributed by atoms with Crippen LogP contribution in [0.2, 0.25) is 0 Å². The molecule has 6 nitrogen and oxygen atoms in total. The third-order valence-corrected chi connectivity index (χ3v) is 7.42. The van der Waals surface area contributed by atoms with Gasteiger partial charge >= 0.3 is 17.9 Å². The highest BCUT2D eigenvalue weighted by atomic mass is 16.6. The maximum atomic E-state index is 13.5. The summed E-state index contributed by atoms with van der Waals surface area (Å²) in [6.45, 7) is 5.20. The summed E-state index contributed by atoms with van der Waals surface area (Å²) in [5.74, 6) is -3.02. The van der Waals surface area contributed by atoms with Gasteiger partial charge in [0.05, 0.1) is 11.8 Å². The second-order valence-corrected chi connectivity index (χ2v) is 9.16. The average molecular weight is 430 g/mol. The van der Waals surface area contributed by atoms with Crippen molar-refractivity contribution >= 4 is 17.9 Å². The molecule has 1 saturated heterocycles.